The first-order valence-electron chi connectivity index (χ1n) is 9.95. The molecule has 27 heavy (non-hydrogen) atoms. The molecule has 0 heterocycles. The van der Waals surface area contributed by atoms with Crippen LogP contribution in [-0.2, 0) is 6.54 Å². The van der Waals surface area contributed by atoms with E-state index < -0.39 is 0 Å². The predicted molar refractivity (Wildman–Crippen MR) is 114 cm³/mol. The number of hydrogen-bond donors (Lipinski definition) is 3. The summed E-state index contributed by atoms with van der Waals surface area (Å²) >= 11 is 0. The van der Waals surface area contributed by atoms with Crippen molar-refractivity contribution >= 4 is 11.9 Å². The molecular weight excluding hydrogens is 338 g/mol. The molecule has 1 aromatic carbocycles. The summed E-state index contributed by atoms with van der Waals surface area (Å²) in [7, 11) is 5.76. The topological polar surface area (TPSA) is 68.8 Å². The molecule has 0 radical (unpaired) electrons. The number of nitrogens with zero attached hydrogens (tertiary/aromatic N) is 2. The van der Waals surface area contributed by atoms with Gasteiger partial charge in [0.1, 0.15) is 0 Å². The number of nitrogens with one attached hydrogen (secondary N) is 3. The van der Waals surface area contributed by atoms with Crippen LogP contribution < -0.4 is 16.0 Å². The fourth-order valence-corrected chi connectivity index (χ4v) is 2.70. The maximum Gasteiger partial charge on any atom is 0.251 e. The van der Waals surface area contributed by atoms with Crippen molar-refractivity contribution in [2.45, 2.75) is 52.1 Å². The van der Waals surface area contributed by atoms with Crippen LogP contribution in [0.1, 0.15) is 55.5 Å². The molecular formula is C21H37N5O. The van der Waals surface area contributed by atoms with Gasteiger partial charge in [-0.1, -0.05) is 38.3 Å². The van der Waals surface area contributed by atoms with Gasteiger partial charge in [0.25, 0.3) is 5.91 Å². The van der Waals surface area contributed by atoms with E-state index in [2.05, 4.69) is 34.8 Å². The zero-order valence-electron chi connectivity index (χ0n) is 17.6. The van der Waals surface area contributed by atoms with Gasteiger partial charge in [0.2, 0.25) is 0 Å². The molecule has 0 aliphatic heterocycles. The summed E-state index contributed by atoms with van der Waals surface area (Å²) < 4.78 is 0. The molecule has 6 nitrogen and oxygen atoms in total. The lowest BCUT2D eigenvalue weighted by Gasteiger charge is -2.18. The minimum absolute atomic E-state index is 0.0363. The third-order valence-electron chi connectivity index (χ3n) is 4.34. The summed E-state index contributed by atoms with van der Waals surface area (Å²) in [5.74, 6) is 0.755. The molecule has 1 amide bonds. The predicted octanol–water partition coefficient (Wildman–Crippen LogP) is 2.61. The summed E-state index contributed by atoms with van der Waals surface area (Å²) in [4.78, 5) is 18.6. The number of hydrogen-bond acceptors (Lipinski definition) is 3. The van der Waals surface area contributed by atoms with Gasteiger partial charge in [-0.3, -0.25) is 9.79 Å². The molecule has 152 valence electrons. The van der Waals surface area contributed by atoms with Gasteiger partial charge >= 0.3 is 0 Å². The van der Waals surface area contributed by atoms with Crippen molar-refractivity contribution in [2.75, 3.05) is 34.2 Å². The van der Waals surface area contributed by atoms with E-state index in [0.29, 0.717) is 24.7 Å². The highest BCUT2D eigenvalue weighted by Gasteiger charge is 2.08. The summed E-state index contributed by atoms with van der Waals surface area (Å²) in [5, 5.41) is 9.71. The molecule has 1 unspecified atom stereocenters. The average Bonchev–Trinajstić information content (AvgIpc) is 2.65. The highest BCUT2D eigenvalue weighted by atomic mass is 16.1. The Morgan fingerprint density at radius 1 is 1.22 bits per heavy atom. The molecule has 6 heteroatoms. The average molecular weight is 376 g/mol. The fraction of sp³-hybridized carbons (Fsp3) is 0.619. The maximum absolute atomic E-state index is 12.3. The van der Waals surface area contributed by atoms with Gasteiger partial charge in [-0.25, -0.2) is 0 Å². The Morgan fingerprint density at radius 2 is 2.00 bits per heavy atom. The van der Waals surface area contributed by atoms with Crippen molar-refractivity contribution in [3.63, 3.8) is 0 Å². The molecule has 0 aromatic heterocycles. The van der Waals surface area contributed by atoms with Crippen molar-refractivity contribution in [3.05, 3.63) is 35.4 Å². The van der Waals surface area contributed by atoms with Gasteiger partial charge < -0.3 is 20.9 Å². The molecule has 0 saturated carbocycles. The van der Waals surface area contributed by atoms with Crippen LogP contribution in [-0.4, -0.2) is 57.0 Å². The van der Waals surface area contributed by atoms with E-state index >= 15 is 0 Å². The minimum Gasteiger partial charge on any atom is -0.354 e. The number of likely N-dealkylation sites (N-methyl/N-ethyl adjacent to an activating group) is 1. The zero-order chi connectivity index (χ0) is 20.1. The van der Waals surface area contributed by atoms with Crippen LogP contribution in [0.3, 0.4) is 0 Å². The van der Waals surface area contributed by atoms with Gasteiger partial charge in [0.05, 0.1) is 0 Å². The highest BCUT2D eigenvalue weighted by molar-refractivity contribution is 5.94. The molecule has 0 fully saturated rings. The number of carbonyl (C=O) groups is 1. The molecule has 0 aliphatic carbocycles. The van der Waals surface area contributed by atoms with Crippen molar-refractivity contribution in [1.82, 2.24) is 20.9 Å². The Balaban J connectivity index is 2.50. The Hall–Kier alpha value is -2.08. The summed E-state index contributed by atoms with van der Waals surface area (Å²) in [6.45, 7) is 6.49. The number of guanidine groups is 1. The van der Waals surface area contributed by atoms with E-state index in [1.54, 1.807) is 7.05 Å². The fourth-order valence-electron chi connectivity index (χ4n) is 2.70. The standard InChI is InChI=1S/C21H37N5O/c1-6-7-8-10-17(2)25-21(22-3)24-16-18-11-9-12-19(15-18)20(27)23-13-14-26(4)5/h9,11-12,15,17H,6-8,10,13-14,16H2,1-5H3,(H,23,27)(H2,22,24,25). The third kappa shape index (κ3) is 9.99. The van der Waals surface area contributed by atoms with Gasteiger partial charge in [0, 0.05) is 38.3 Å². The first kappa shape index (κ1) is 23.0. The zero-order valence-corrected chi connectivity index (χ0v) is 17.6. The monoisotopic (exact) mass is 375 g/mol. The lowest BCUT2D eigenvalue weighted by Crippen LogP contribution is -2.41. The summed E-state index contributed by atoms with van der Waals surface area (Å²) in [6, 6.07) is 8.09. The Bertz CT molecular complexity index is 586. The van der Waals surface area contributed by atoms with Crippen LogP contribution in [0.15, 0.2) is 29.3 Å². The van der Waals surface area contributed by atoms with Crippen LogP contribution in [0.4, 0.5) is 0 Å². The first-order valence-corrected chi connectivity index (χ1v) is 9.95. The number of rotatable bonds is 11. The smallest absolute Gasteiger partial charge is 0.251 e. The second kappa shape index (κ2) is 13.1. The summed E-state index contributed by atoms with van der Waals surface area (Å²) in [5.41, 5.74) is 1.74. The van der Waals surface area contributed by atoms with Crippen molar-refractivity contribution in [2.24, 2.45) is 4.99 Å². The Labute approximate surface area is 164 Å². The van der Waals surface area contributed by atoms with Crippen LogP contribution in [0, 0.1) is 0 Å². The van der Waals surface area contributed by atoms with Crippen molar-refractivity contribution in [3.8, 4) is 0 Å². The van der Waals surface area contributed by atoms with E-state index in [1.807, 2.05) is 43.3 Å². The Kier molecular flexibility index (Phi) is 11.2. The molecule has 0 bridgehead atoms. The summed E-state index contributed by atoms with van der Waals surface area (Å²) in [6.07, 6.45) is 4.87. The number of carbonyl (C=O) groups excluding carboxylic acids is 1. The number of amides is 1. The van der Waals surface area contributed by atoms with Crippen LogP contribution in [0.5, 0.6) is 0 Å². The lowest BCUT2D eigenvalue weighted by molar-refractivity contribution is 0.0951. The quantitative estimate of drug-likeness (QED) is 0.316. The van der Waals surface area contributed by atoms with Gasteiger partial charge in [-0.05, 0) is 45.1 Å². The first-order chi connectivity index (χ1) is 13.0. The number of benzene rings is 1. The second-order valence-electron chi connectivity index (χ2n) is 7.23. The van der Waals surface area contributed by atoms with Crippen LogP contribution in [0.2, 0.25) is 0 Å². The van der Waals surface area contributed by atoms with E-state index in [-0.39, 0.29) is 5.91 Å². The molecule has 1 atom stereocenters. The van der Waals surface area contributed by atoms with Crippen LogP contribution in [0.25, 0.3) is 0 Å². The number of aliphatic imine (C=N–C) groups is 1. The molecule has 1 rings (SSSR count). The largest absolute Gasteiger partial charge is 0.354 e. The lowest BCUT2D eigenvalue weighted by atomic mass is 10.1. The van der Waals surface area contributed by atoms with E-state index in [0.717, 1.165) is 24.5 Å². The molecule has 0 saturated heterocycles. The molecule has 0 spiro atoms. The Morgan fingerprint density at radius 3 is 2.67 bits per heavy atom. The molecule has 0 aliphatic rings. The van der Waals surface area contributed by atoms with Crippen LogP contribution >= 0.6 is 0 Å². The third-order valence-corrected chi connectivity index (χ3v) is 4.34. The normalized spacial score (nSPS) is 12.7. The van der Waals surface area contributed by atoms with Gasteiger partial charge in [-0.2, -0.15) is 0 Å². The minimum atomic E-state index is -0.0363. The number of unbranched alkanes of at least 4 members (excludes halogenated alkanes) is 2. The SMILES string of the molecule is CCCCCC(C)NC(=NC)NCc1cccc(C(=O)NCCN(C)C)c1. The maximum atomic E-state index is 12.3. The van der Waals surface area contributed by atoms with Crippen molar-refractivity contribution < 1.29 is 4.79 Å². The van der Waals surface area contributed by atoms with Gasteiger partial charge in [0.15, 0.2) is 5.96 Å². The van der Waals surface area contributed by atoms with E-state index in [1.165, 1.54) is 19.3 Å². The molecule has 1 aromatic rings. The van der Waals surface area contributed by atoms with Gasteiger partial charge in [-0.15, -0.1) is 0 Å². The molecule has 3 N–H and O–H groups in total. The van der Waals surface area contributed by atoms with Crippen molar-refractivity contribution in [1.29, 1.82) is 0 Å². The van der Waals surface area contributed by atoms with E-state index in [4.69, 9.17) is 0 Å². The van der Waals surface area contributed by atoms with E-state index in [9.17, 15) is 4.79 Å². The second-order valence-corrected chi connectivity index (χ2v) is 7.23. The highest BCUT2D eigenvalue weighted by Crippen LogP contribution is 2.06.